The highest BCUT2D eigenvalue weighted by atomic mass is 32.2. The Kier molecular flexibility index (Phi) is 4.82. The van der Waals surface area contributed by atoms with Gasteiger partial charge < -0.3 is 5.32 Å². The molecule has 0 amide bonds. The number of aromatic nitrogens is 2. The van der Waals surface area contributed by atoms with Crippen LogP contribution in [0.3, 0.4) is 0 Å². The van der Waals surface area contributed by atoms with Gasteiger partial charge in [0.1, 0.15) is 0 Å². The van der Waals surface area contributed by atoms with Crippen molar-refractivity contribution in [1.29, 1.82) is 0 Å². The predicted octanol–water partition coefficient (Wildman–Crippen LogP) is 1.25. The predicted molar refractivity (Wildman–Crippen MR) is 77.9 cm³/mol. The van der Waals surface area contributed by atoms with Crippen molar-refractivity contribution in [2.45, 2.75) is 45.2 Å². The van der Waals surface area contributed by atoms with Crippen molar-refractivity contribution in [2.75, 3.05) is 19.6 Å². The summed E-state index contributed by atoms with van der Waals surface area (Å²) in [4.78, 5) is 0. The Balaban J connectivity index is 2.27. The van der Waals surface area contributed by atoms with Crippen molar-refractivity contribution in [3.63, 3.8) is 0 Å². The van der Waals surface area contributed by atoms with Crippen LogP contribution in [0.4, 0.5) is 0 Å². The lowest BCUT2D eigenvalue weighted by Crippen LogP contribution is -2.34. The van der Waals surface area contributed by atoms with E-state index in [9.17, 15) is 8.42 Å². The van der Waals surface area contributed by atoms with Gasteiger partial charge in [-0.25, -0.2) is 8.42 Å². The Morgan fingerprint density at radius 1 is 1.40 bits per heavy atom. The Morgan fingerprint density at radius 3 is 2.65 bits per heavy atom. The van der Waals surface area contributed by atoms with Gasteiger partial charge in [0.15, 0.2) is 5.03 Å². The van der Waals surface area contributed by atoms with Gasteiger partial charge in [0.25, 0.3) is 10.0 Å². The van der Waals surface area contributed by atoms with E-state index in [0.29, 0.717) is 25.6 Å². The lowest BCUT2D eigenvalue weighted by Gasteiger charge is -2.19. The van der Waals surface area contributed by atoms with Crippen molar-refractivity contribution in [2.24, 2.45) is 5.92 Å². The molecular weight excluding hydrogens is 276 g/mol. The number of aromatic amines is 1. The molecule has 1 aliphatic rings. The van der Waals surface area contributed by atoms with Crippen LogP contribution in [0.25, 0.3) is 0 Å². The first-order valence-electron chi connectivity index (χ1n) is 7.25. The van der Waals surface area contributed by atoms with E-state index in [0.717, 1.165) is 30.6 Å². The molecule has 0 saturated heterocycles. The topological polar surface area (TPSA) is 78.1 Å². The zero-order valence-electron chi connectivity index (χ0n) is 12.4. The lowest BCUT2D eigenvalue weighted by molar-refractivity contribution is 0.409. The maximum Gasteiger partial charge on any atom is 0.262 e. The summed E-state index contributed by atoms with van der Waals surface area (Å²) in [6.45, 7) is 8.16. The minimum absolute atomic E-state index is 0.179. The molecule has 20 heavy (non-hydrogen) atoms. The molecule has 0 radical (unpaired) electrons. The first-order valence-corrected chi connectivity index (χ1v) is 8.69. The van der Waals surface area contributed by atoms with Gasteiger partial charge in [0.2, 0.25) is 0 Å². The number of aryl methyl sites for hydroxylation is 1. The summed E-state index contributed by atoms with van der Waals surface area (Å²) in [5, 5.41) is 10.2. The first-order chi connectivity index (χ1) is 9.50. The van der Waals surface area contributed by atoms with Crippen molar-refractivity contribution < 1.29 is 8.42 Å². The Bertz CT molecular complexity index is 549. The van der Waals surface area contributed by atoms with E-state index in [4.69, 9.17) is 0 Å². The molecule has 0 bridgehead atoms. The average Bonchev–Trinajstić information content (AvgIpc) is 3.16. The van der Waals surface area contributed by atoms with E-state index < -0.39 is 10.0 Å². The molecule has 7 heteroatoms. The highest BCUT2D eigenvalue weighted by Crippen LogP contribution is 2.31. The van der Waals surface area contributed by atoms with Crippen LogP contribution in [0.2, 0.25) is 0 Å². The normalized spacial score (nSPS) is 16.0. The maximum atomic E-state index is 12.7. The number of sulfonamides is 1. The minimum atomic E-state index is -3.50. The van der Waals surface area contributed by atoms with Crippen LogP contribution in [0.5, 0.6) is 0 Å². The Morgan fingerprint density at radius 2 is 2.10 bits per heavy atom. The summed E-state index contributed by atoms with van der Waals surface area (Å²) in [6.07, 6.45) is 2.27. The van der Waals surface area contributed by atoms with E-state index in [2.05, 4.69) is 15.5 Å². The molecular formula is C13H24N4O2S. The van der Waals surface area contributed by atoms with Gasteiger partial charge in [-0.3, -0.25) is 5.10 Å². The second-order valence-electron chi connectivity index (χ2n) is 5.31. The van der Waals surface area contributed by atoms with Crippen molar-refractivity contribution >= 4 is 10.0 Å². The number of hydrogen-bond donors (Lipinski definition) is 2. The van der Waals surface area contributed by atoms with Crippen LogP contribution in [-0.2, 0) is 16.6 Å². The Labute approximate surface area is 121 Å². The smallest absolute Gasteiger partial charge is 0.262 e. The number of hydrogen-bond acceptors (Lipinski definition) is 4. The summed E-state index contributed by atoms with van der Waals surface area (Å²) < 4.78 is 27.0. The van der Waals surface area contributed by atoms with E-state index in [1.54, 1.807) is 4.31 Å². The molecule has 1 aromatic heterocycles. The van der Waals surface area contributed by atoms with E-state index in [1.807, 2.05) is 20.8 Å². The molecule has 1 aliphatic carbocycles. The summed E-state index contributed by atoms with van der Waals surface area (Å²) >= 11 is 0. The molecule has 0 aromatic carbocycles. The van der Waals surface area contributed by atoms with Gasteiger partial charge in [-0.05, 0) is 32.2 Å². The van der Waals surface area contributed by atoms with Gasteiger partial charge >= 0.3 is 0 Å². The second-order valence-corrected chi connectivity index (χ2v) is 7.16. The number of H-pyrrole nitrogens is 1. The number of rotatable bonds is 8. The summed E-state index contributed by atoms with van der Waals surface area (Å²) in [5.74, 6) is 0.530. The van der Waals surface area contributed by atoms with Crippen molar-refractivity contribution in [3.05, 3.63) is 11.3 Å². The molecule has 1 heterocycles. The summed E-state index contributed by atoms with van der Waals surface area (Å²) in [6, 6.07) is 0. The molecule has 0 aliphatic heterocycles. The molecule has 2 rings (SSSR count). The largest absolute Gasteiger partial charge is 0.313 e. The first kappa shape index (κ1) is 15.5. The molecule has 0 spiro atoms. The number of nitrogens with zero attached hydrogens (tertiary/aromatic N) is 2. The summed E-state index contributed by atoms with van der Waals surface area (Å²) in [7, 11) is -3.50. The zero-order valence-corrected chi connectivity index (χ0v) is 13.3. The third-order valence-corrected chi connectivity index (χ3v) is 5.60. The van der Waals surface area contributed by atoms with Crippen LogP contribution in [-0.4, -0.2) is 42.6 Å². The van der Waals surface area contributed by atoms with E-state index >= 15 is 0 Å². The SMILES string of the molecule is CCNCc1c(S(=O)(=O)N(CC)CC2CC2)n[nH]c1C. The highest BCUT2D eigenvalue weighted by Gasteiger charge is 2.33. The fourth-order valence-corrected chi connectivity index (χ4v) is 3.90. The standard InChI is InChI=1S/C13H24N4O2S/c1-4-14-8-12-10(3)15-16-13(12)20(18,19)17(5-2)9-11-6-7-11/h11,14H,4-9H2,1-3H3,(H,15,16). The second kappa shape index (κ2) is 6.24. The third-order valence-electron chi connectivity index (χ3n) is 3.68. The van der Waals surface area contributed by atoms with Crippen LogP contribution < -0.4 is 5.32 Å². The number of nitrogens with one attached hydrogen (secondary N) is 2. The monoisotopic (exact) mass is 300 g/mol. The zero-order chi connectivity index (χ0) is 14.8. The van der Waals surface area contributed by atoms with Gasteiger partial charge in [0, 0.05) is 30.9 Å². The van der Waals surface area contributed by atoms with Crippen molar-refractivity contribution in [3.8, 4) is 0 Å². The van der Waals surface area contributed by atoms with Crippen LogP contribution >= 0.6 is 0 Å². The fraction of sp³-hybridized carbons (Fsp3) is 0.769. The quantitative estimate of drug-likeness (QED) is 0.757. The molecule has 1 aromatic rings. The van der Waals surface area contributed by atoms with Crippen LogP contribution in [0, 0.1) is 12.8 Å². The Hall–Kier alpha value is -0.920. The lowest BCUT2D eigenvalue weighted by atomic mass is 10.2. The fourth-order valence-electron chi connectivity index (χ4n) is 2.21. The van der Waals surface area contributed by atoms with Crippen LogP contribution in [0.1, 0.15) is 37.9 Å². The van der Waals surface area contributed by atoms with Gasteiger partial charge in [-0.15, -0.1) is 0 Å². The van der Waals surface area contributed by atoms with Gasteiger partial charge in [0.05, 0.1) is 0 Å². The highest BCUT2D eigenvalue weighted by molar-refractivity contribution is 7.89. The van der Waals surface area contributed by atoms with E-state index in [-0.39, 0.29) is 5.03 Å². The average molecular weight is 300 g/mol. The van der Waals surface area contributed by atoms with Crippen LogP contribution in [0.15, 0.2) is 5.03 Å². The van der Waals surface area contributed by atoms with E-state index in [1.165, 1.54) is 0 Å². The molecule has 0 atom stereocenters. The molecule has 2 N–H and O–H groups in total. The molecule has 1 saturated carbocycles. The molecule has 114 valence electrons. The van der Waals surface area contributed by atoms with Crippen molar-refractivity contribution in [1.82, 2.24) is 19.8 Å². The minimum Gasteiger partial charge on any atom is -0.313 e. The van der Waals surface area contributed by atoms with Gasteiger partial charge in [-0.1, -0.05) is 13.8 Å². The summed E-state index contributed by atoms with van der Waals surface area (Å²) in [5.41, 5.74) is 1.56. The molecule has 0 unspecified atom stereocenters. The third kappa shape index (κ3) is 3.21. The molecule has 1 fully saturated rings. The molecule has 6 nitrogen and oxygen atoms in total. The maximum absolute atomic E-state index is 12.7. The van der Waals surface area contributed by atoms with Gasteiger partial charge in [-0.2, -0.15) is 9.40 Å².